The molecule has 1 unspecified atom stereocenters. The van der Waals surface area contributed by atoms with Gasteiger partial charge in [-0.2, -0.15) is 0 Å². The number of rotatable bonds is 7. The largest absolute Gasteiger partial charge is 0.484 e. The normalized spacial score (nSPS) is 11.7. The Kier molecular flexibility index (Phi) is 7.05. The lowest BCUT2D eigenvalue weighted by atomic mass is 10.1. The third-order valence-electron chi connectivity index (χ3n) is 4.31. The standard InChI is InChI=1S/C22H22ClN3O3/c1-26(13-16-6-7-17-4-2-3-5-18(17)12-16)14-21(27)24-25-22(28)15-29-20-10-8-19(23)9-11-20/h2-12H,13-15H2,1H3,(H,24,27)(H,25,28)/p+1. The van der Waals surface area contributed by atoms with Crippen LogP contribution in [0.3, 0.4) is 0 Å². The van der Waals surface area contributed by atoms with Crippen LogP contribution in [0.1, 0.15) is 5.56 Å². The van der Waals surface area contributed by atoms with Crippen molar-refractivity contribution in [2.24, 2.45) is 0 Å². The lowest BCUT2D eigenvalue weighted by Gasteiger charge is -2.15. The topological polar surface area (TPSA) is 71.9 Å². The molecular formula is C22H23ClN3O3+. The third kappa shape index (κ3) is 6.48. The van der Waals surface area contributed by atoms with Gasteiger partial charge in [-0.1, -0.05) is 48.0 Å². The van der Waals surface area contributed by atoms with Crippen LogP contribution in [-0.2, 0) is 16.1 Å². The van der Waals surface area contributed by atoms with Crippen LogP contribution in [0.15, 0.2) is 66.7 Å². The first-order valence-electron chi connectivity index (χ1n) is 9.24. The minimum Gasteiger partial charge on any atom is -0.484 e. The number of hydrazine groups is 1. The van der Waals surface area contributed by atoms with Gasteiger partial charge < -0.3 is 9.64 Å². The van der Waals surface area contributed by atoms with Gasteiger partial charge in [0.1, 0.15) is 12.3 Å². The molecule has 0 saturated carbocycles. The van der Waals surface area contributed by atoms with Gasteiger partial charge in [0, 0.05) is 10.6 Å². The van der Waals surface area contributed by atoms with Crippen molar-refractivity contribution in [3.63, 3.8) is 0 Å². The number of carbonyl (C=O) groups excluding carboxylic acids is 2. The summed E-state index contributed by atoms with van der Waals surface area (Å²) < 4.78 is 5.32. The van der Waals surface area contributed by atoms with Crippen molar-refractivity contribution in [1.29, 1.82) is 0 Å². The molecule has 150 valence electrons. The molecule has 0 saturated heterocycles. The molecule has 3 aromatic rings. The number of likely N-dealkylation sites (N-methyl/N-ethyl adjacent to an activating group) is 1. The Morgan fingerprint density at radius 2 is 1.62 bits per heavy atom. The Morgan fingerprint density at radius 1 is 0.931 bits per heavy atom. The average molecular weight is 413 g/mol. The van der Waals surface area contributed by atoms with Gasteiger partial charge >= 0.3 is 0 Å². The molecule has 29 heavy (non-hydrogen) atoms. The summed E-state index contributed by atoms with van der Waals surface area (Å²) >= 11 is 5.79. The zero-order chi connectivity index (χ0) is 20.6. The number of hydrogen-bond acceptors (Lipinski definition) is 3. The molecule has 3 rings (SSSR count). The van der Waals surface area contributed by atoms with E-state index in [0.29, 0.717) is 17.3 Å². The first-order chi connectivity index (χ1) is 14.0. The second-order valence-corrected chi connectivity index (χ2v) is 7.27. The van der Waals surface area contributed by atoms with E-state index in [4.69, 9.17) is 16.3 Å². The van der Waals surface area contributed by atoms with Gasteiger partial charge in [-0.05, 0) is 41.1 Å². The predicted octanol–water partition coefficient (Wildman–Crippen LogP) is 1.73. The van der Waals surface area contributed by atoms with Crippen LogP contribution in [0.25, 0.3) is 10.8 Å². The first kappa shape index (κ1) is 20.6. The number of hydrogen-bond donors (Lipinski definition) is 3. The molecule has 0 spiro atoms. The van der Waals surface area contributed by atoms with Crippen molar-refractivity contribution in [1.82, 2.24) is 10.9 Å². The zero-order valence-corrected chi connectivity index (χ0v) is 16.8. The number of carbonyl (C=O) groups is 2. The maximum Gasteiger partial charge on any atom is 0.293 e. The summed E-state index contributed by atoms with van der Waals surface area (Å²) in [5, 5.41) is 2.95. The van der Waals surface area contributed by atoms with E-state index >= 15 is 0 Å². The number of fused-ring (bicyclic) bond motifs is 1. The Balaban J connectivity index is 1.39. The number of quaternary nitrogens is 1. The summed E-state index contributed by atoms with van der Waals surface area (Å²) in [6.07, 6.45) is 0. The van der Waals surface area contributed by atoms with Gasteiger partial charge in [0.05, 0.1) is 7.05 Å². The molecule has 0 aliphatic carbocycles. The Bertz CT molecular complexity index is 992. The van der Waals surface area contributed by atoms with E-state index in [0.717, 1.165) is 10.5 Å². The van der Waals surface area contributed by atoms with E-state index in [1.54, 1.807) is 24.3 Å². The minimum absolute atomic E-state index is 0.207. The van der Waals surface area contributed by atoms with E-state index in [2.05, 4.69) is 41.2 Å². The summed E-state index contributed by atoms with van der Waals surface area (Å²) in [5.41, 5.74) is 5.92. The number of amides is 2. The smallest absolute Gasteiger partial charge is 0.293 e. The molecule has 0 aromatic heterocycles. The predicted molar refractivity (Wildman–Crippen MR) is 113 cm³/mol. The van der Waals surface area contributed by atoms with E-state index in [1.165, 1.54) is 10.8 Å². The summed E-state index contributed by atoms with van der Waals surface area (Å²) in [5.74, 6) is -0.195. The lowest BCUT2D eigenvalue weighted by molar-refractivity contribution is -0.885. The van der Waals surface area contributed by atoms with Crippen molar-refractivity contribution in [2.45, 2.75) is 6.54 Å². The molecule has 6 nitrogen and oxygen atoms in total. The number of ether oxygens (including phenoxy) is 1. The molecular weight excluding hydrogens is 390 g/mol. The quantitative estimate of drug-likeness (QED) is 0.517. The molecule has 0 radical (unpaired) electrons. The summed E-state index contributed by atoms with van der Waals surface area (Å²) in [4.78, 5) is 24.9. The molecule has 3 N–H and O–H groups in total. The number of benzene rings is 3. The van der Waals surface area contributed by atoms with Crippen molar-refractivity contribution >= 4 is 34.2 Å². The molecule has 2 amide bonds. The fourth-order valence-corrected chi connectivity index (χ4v) is 3.06. The maximum atomic E-state index is 12.1. The Labute approximate surface area is 174 Å². The van der Waals surface area contributed by atoms with Crippen LogP contribution in [0.4, 0.5) is 0 Å². The molecule has 0 fully saturated rings. The molecule has 0 aliphatic rings. The fourth-order valence-electron chi connectivity index (χ4n) is 2.93. The summed E-state index contributed by atoms with van der Waals surface area (Å²) in [6.45, 7) is 0.721. The van der Waals surface area contributed by atoms with Gasteiger partial charge in [-0.25, -0.2) is 0 Å². The van der Waals surface area contributed by atoms with E-state index in [-0.39, 0.29) is 19.1 Å². The third-order valence-corrected chi connectivity index (χ3v) is 4.56. The Morgan fingerprint density at radius 3 is 2.38 bits per heavy atom. The van der Waals surface area contributed by atoms with Crippen molar-refractivity contribution in [3.05, 3.63) is 77.3 Å². The van der Waals surface area contributed by atoms with E-state index in [1.807, 2.05) is 19.2 Å². The fraction of sp³-hybridized carbons (Fsp3) is 0.182. The van der Waals surface area contributed by atoms with Gasteiger partial charge in [0.25, 0.3) is 11.8 Å². The van der Waals surface area contributed by atoms with Crippen LogP contribution >= 0.6 is 11.6 Å². The summed E-state index contributed by atoms with van der Waals surface area (Å²) in [6, 6.07) is 21.1. The Hall–Kier alpha value is -3.09. The van der Waals surface area contributed by atoms with Gasteiger partial charge in [0.15, 0.2) is 13.2 Å². The van der Waals surface area contributed by atoms with E-state index in [9.17, 15) is 9.59 Å². The minimum atomic E-state index is -0.444. The highest BCUT2D eigenvalue weighted by Crippen LogP contribution is 2.15. The highest BCUT2D eigenvalue weighted by Gasteiger charge is 2.12. The number of halogens is 1. The highest BCUT2D eigenvalue weighted by atomic mass is 35.5. The molecule has 0 aliphatic heterocycles. The van der Waals surface area contributed by atoms with Gasteiger partial charge in [-0.3, -0.25) is 20.4 Å². The molecule has 7 heteroatoms. The van der Waals surface area contributed by atoms with E-state index < -0.39 is 5.91 Å². The average Bonchev–Trinajstić information content (AvgIpc) is 2.71. The van der Waals surface area contributed by atoms with Crippen molar-refractivity contribution < 1.29 is 19.2 Å². The van der Waals surface area contributed by atoms with Crippen molar-refractivity contribution in [2.75, 3.05) is 20.2 Å². The van der Waals surface area contributed by atoms with Crippen molar-refractivity contribution in [3.8, 4) is 5.75 Å². The maximum absolute atomic E-state index is 12.1. The molecule has 3 aromatic carbocycles. The zero-order valence-electron chi connectivity index (χ0n) is 16.1. The van der Waals surface area contributed by atoms with Gasteiger partial charge in [-0.15, -0.1) is 0 Å². The number of nitrogens with one attached hydrogen (secondary N) is 3. The monoisotopic (exact) mass is 412 g/mol. The van der Waals surface area contributed by atoms with Crippen LogP contribution in [0.2, 0.25) is 5.02 Å². The second kappa shape index (κ2) is 9.91. The van der Waals surface area contributed by atoms with Crippen LogP contribution < -0.4 is 20.5 Å². The lowest BCUT2D eigenvalue weighted by Crippen LogP contribution is -3.09. The first-order valence-corrected chi connectivity index (χ1v) is 9.62. The highest BCUT2D eigenvalue weighted by molar-refractivity contribution is 6.30. The van der Waals surface area contributed by atoms with Crippen LogP contribution in [0.5, 0.6) is 5.75 Å². The molecule has 0 bridgehead atoms. The van der Waals surface area contributed by atoms with Crippen LogP contribution in [-0.4, -0.2) is 32.0 Å². The second-order valence-electron chi connectivity index (χ2n) is 6.83. The molecule has 1 atom stereocenters. The molecule has 0 heterocycles. The van der Waals surface area contributed by atoms with Gasteiger partial charge in [0.2, 0.25) is 0 Å². The SMILES string of the molecule is C[NH+](CC(=O)NNC(=O)COc1ccc(Cl)cc1)Cc1ccc2ccccc2c1. The van der Waals surface area contributed by atoms with Crippen LogP contribution in [0, 0.1) is 0 Å². The summed E-state index contributed by atoms with van der Waals surface area (Å²) in [7, 11) is 1.93.